The van der Waals surface area contributed by atoms with Gasteiger partial charge in [-0.25, -0.2) is 4.39 Å². The molecule has 0 aromatic heterocycles. The zero-order valence-corrected chi connectivity index (χ0v) is 11.8. The average molecular weight is 285 g/mol. The largest absolute Gasteiger partial charge is 0.278 e. The predicted octanol–water partition coefficient (Wildman–Crippen LogP) is 3.38. The molecule has 0 bridgehead atoms. The Morgan fingerprint density at radius 1 is 1.24 bits per heavy atom. The van der Waals surface area contributed by atoms with Gasteiger partial charge in [0.05, 0.1) is 0 Å². The molecule has 108 valence electrons. The maximum atomic E-state index is 13.8. The standard InChI is InChI=1S/C17H16FNO2/c1-2-11-9-16(20)19(10-11)17(21)14-7-8-15(18)13-6-4-3-5-12(13)14/h3-8,11H,2,9-10H2,1H3. The zero-order chi connectivity index (χ0) is 15.0. The monoisotopic (exact) mass is 285 g/mol. The van der Waals surface area contributed by atoms with Gasteiger partial charge >= 0.3 is 0 Å². The molecule has 2 aromatic rings. The number of rotatable bonds is 2. The molecule has 1 aliphatic rings. The fraction of sp³-hybridized carbons (Fsp3) is 0.294. The molecule has 1 unspecified atom stereocenters. The minimum Gasteiger partial charge on any atom is -0.278 e. The molecule has 1 heterocycles. The third-order valence-corrected chi connectivity index (χ3v) is 4.13. The van der Waals surface area contributed by atoms with Crippen LogP contribution in [0.15, 0.2) is 36.4 Å². The normalized spacial score (nSPS) is 18.5. The van der Waals surface area contributed by atoms with Crippen molar-refractivity contribution in [2.75, 3.05) is 6.54 Å². The van der Waals surface area contributed by atoms with Crippen molar-refractivity contribution in [1.29, 1.82) is 0 Å². The molecule has 2 amide bonds. The first kappa shape index (κ1) is 13.7. The van der Waals surface area contributed by atoms with Crippen molar-refractivity contribution in [3.05, 3.63) is 47.8 Å². The van der Waals surface area contributed by atoms with E-state index in [1.165, 1.54) is 17.0 Å². The fourth-order valence-electron chi connectivity index (χ4n) is 2.85. The van der Waals surface area contributed by atoms with Gasteiger partial charge in [0.2, 0.25) is 5.91 Å². The second-order valence-electron chi connectivity index (χ2n) is 5.43. The highest BCUT2D eigenvalue weighted by Gasteiger charge is 2.33. The Kier molecular flexibility index (Phi) is 3.45. The number of carbonyl (C=O) groups excluding carboxylic acids is 2. The Morgan fingerprint density at radius 2 is 1.95 bits per heavy atom. The van der Waals surface area contributed by atoms with Gasteiger partial charge in [-0.05, 0) is 23.4 Å². The number of hydrogen-bond donors (Lipinski definition) is 0. The van der Waals surface area contributed by atoms with Crippen LogP contribution in [0.2, 0.25) is 0 Å². The van der Waals surface area contributed by atoms with Crippen molar-refractivity contribution in [1.82, 2.24) is 4.90 Å². The van der Waals surface area contributed by atoms with Gasteiger partial charge in [0.1, 0.15) is 5.82 Å². The van der Waals surface area contributed by atoms with E-state index >= 15 is 0 Å². The molecule has 3 rings (SSSR count). The summed E-state index contributed by atoms with van der Waals surface area (Å²) in [6, 6.07) is 9.60. The number of amides is 2. The molecule has 21 heavy (non-hydrogen) atoms. The van der Waals surface area contributed by atoms with Gasteiger partial charge < -0.3 is 0 Å². The van der Waals surface area contributed by atoms with Crippen LogP contribution in [0.3, 0.4) is 0 Å². The van der Waals surface area contributed by atoms with Crippen LogP contribution in [0.1, 0.15) is 30.1 Å². The summed E-state index contributed by atoms with van der Waals surface area (Å²) >= 11 is 0. The topological polar surface area (TPSA) is 37.4 Å². The molecule has 0 spiro atoms. The SMILES string of the molecule is CCC1CC(=O)N(C(=O)c2ccc(F)c3ccccc23)C1. The van der Waals surface area contributed by atoms with Crippen LogP contribution in [0, 0.1) is 11.7 Å². The van der Waals surface area contributed by atoms with E-state index in [4.69, 9.17) is 0 Å². The quantitative estimate of drug-likeness (QED) is 0.793. The van der Waals surface area contributed by atoms with E-state index in [9.17, 15) is 14.0 Å². The van der Waals surface area contributed by atoms with E-state index < -0.39 is 0 Å². The highest BCUT2D eigenvalue weighted by atomic mass is 19.1. The lowest BCUT2D eigenvalue weighted by Crippen LogP contribution is -2.32. The van der Waals surface area contributed by atoms with E-state index in [1.807, 2.05) is 6.92 Å². The van der Waals surface area contributed by atoms with Crippen molar-refractivity contribution in [2.45, 2.75) is 19.8 Å². The molecule has 0 radical (unpaired) electrons. The summed E-state index contributed by atoms with van der Waals surface area (Å²) in [5.74, 6) is -0.595. The summed E-state index contributed by atoms with van der Waals surface area (Å²) in [5, 5.41) is 0.956. The molecule has 0 aliphatic carbocycles. The first-order valence-corrected chi connectivity index (χ1v) is 7.13. The van der Waals surface area contributed by atoms with Crippen molar-refractivity contribution in [3.63, 3.8) is 0 Å². The maximum Gasteiger partial charge on any atom is 0.261 e. The Labute approximate surface area is 122 Å². The lowest BCUT2D eigenvalue weighted by Gasteiger charge is -2.16. The fourth-order valence-corrected chi connectivity index (χ4v) is 2.85. The van der Waals surface area contributed by atoms with Crippen LogP contribution in [-0.4, -0.2) is 23.3 Å². The first-order chi connectivity index (χ1) is 10.1. The summed E-state index contributed by atoms with van der Waals surface area (Å²) in [4.78, 5) is 25.9. The summed E-state index contributed by atoms with van der Waals surface area (Å²) in [7, 11) is 0. The zero-order valence-electron chi connectivity index (χ0n) is 11.8. The van der Waals surface area contributed by atoms with Crippen LogP contribution in [0.4, 0.5) is 4.39 Å². The van der Waals surface area contributed by atoms with Crippen molar-refractivity contribution in [3.8, 4) is 0 Å². The molecule has 1 atom stereocenters. The van der Waals surface area contributed by atoms with Crippen LogP contribution >= 0.6 is 0 Å². The number of likely N-dealkylation sites (tertiary alicyclic amines) is 1. The minimum absolute atomic E-state index is 0.139. The maximum absolute atomic E-state index is 13.8. The second-order valence-corrected chi connectivity index (χ2v) is 5.43. The number of carbonyl (C=O) groups is 2. The average Bonchev–Trinajstić information content (AvgIpc) is 2.88. The van der Waals surface area contributed by atoms with Crippen molar-refractivity contribution < 1.29 is 14.0 Å². The van der Waals surface area contributed by atoms with Gasteiger partial charge in [-0.3, -0.25) is 14.5 Å². The highest BCUT2D eigenvalue weighted by Crippen LogP contribution is 2.27. The molecule has 1 aliphatic heterocycles. The molecular formula is C17H16FNO2. The van der Waals surface area contributed by atoms with E-state index in [2.05, 4.69) is 0 Å². The second kappa shape index (κ2) is 5.28. The predicted molar refractivity (Wildman–Crippen MR) is 78.3 cm³/mol. The Balaban J connectivity index is 2.03. The smallest absolute Gasteiger partial charge is 0.261 e. The third-order valence-electron chi connectivity index (χ3n) is 4.13. The third kappa shape index (κ3) is 2.31. The number of hydrogen-bond acceptors (Lipinski definition) is 2. The summed E-state index contributed by atoms with van der Waals surface area (Å²) in [5.41, 5.74) is 0.386. The van der Waals surface area contributed by atoms with Crippen LogP contribution in [0.5, 0.6) is 0 Å². The van der Waals surface area contributed by atoms with Crippen molar-refractivity contribution in [2.24, 2.45) is 5.92 Å². The van der Waals surface area contributed by atoms with Gasteiger partial charge in [-0.1, -0.05) is 37.6 Å². The molecule has 3 nitrogen and oxygen atoms in total. The number of benzene rings is 2. The van der Waals surface area contributed by atoms with Gasteiger partial charge in [-0.2, -0.15) is 0 Å². The Hall–Kier alpha value is -2.23. The molecular weight excluding hydrogens is 269 g/mol. The van der Waals surface area contributed by atoms with Gasteiger partial charge in [0.25, 0.3) is 5.91 Å². The molecule has 0 N–H and O–H groups in total. The molecule has 4 heteroatoms. The molecule has 2 aromatic carbocycles. The van der Waals surface area contributed by atoms with E-state index in [0.29, 0.717) is 29.3 Å². The molecule has 1 fully saturated rings. The lowest BCUT2D eigenvalue weighted by atomic mass is 10.0. The van der Waals surface area contributed by atoms with Gasteiger partial charge in [-0.15, -0.1) is 0 Å². The van der Waals surface area contributed by atoms with Crippen LogP contribution < -0.4 is 0 Å². The Morgan fingerprint density at radius 3 is 2.62 bits per heavy atom. The number of fused-ring (bicyclic) bond motifs is 1. The summed E-state index contributed by atoms with van der Waals surface area (Å²) in [6.45, 7) is 2.47. The minimum atomic E-state index is -0.360. The van der Waals surface area contributed by atoms with E-state index in [1.54, 1.807) is 24.3 Å². The van der Waals surface area contributed by atoms with E-state index in [-0.39, 0.29) is 23.5 Å². The number of imide groups is 1. The van der Waals surface area contributed by atoms with Crippen molar-refractivity contribution >= 4 is 22.6 Å². The van der Waals surface area contributed by atoms with Crippen LogP contribution in [0.25, 0.3) is 10.8 Å². The van der Waals surface area contributed by atoms with E-state index in [0.717, 1.165) is 6.42 Å². The number of nitrogens with zero attached hydrogens (tertiary/aromatic N) is 1. The van der Waals surface area contributed by atoms with Crippen LogP contribution in [-0.2, 0) is 4.79 Å². The molecule has 1 saturated heterocycles. The highest BCUT2D eigenvalue weighted by molar-refractivity contribution is 6.12. The molecule has 0 saturated carbocycles. The Bertz CT molecular complexity index is 726. The lowest BCUT2D eigenvalue weighted by molar-refractivity contribution is -0.125. The number of halogens is 1. The first-order valence-electron chi connectivity index (χ1n) is 7.13. The summed E-state index contributed by atoms with van der Waals surface area (Å²) in [6.07, 6.45) is 1.29. The van der Waals surface area contributed by atoms with Gasteiger partial charge in [0, 0.05) is 23.9 Å². The summed E-state index contributed by atoms with van der Waals surface area (Å²) < 4.78 is 13.8. The van der Waals surface area contributed by atoms with Gasteiger partial charge in [0.15, 0.2) is 0 Å².